The Labute approximate surface area is 227 Å². The van der Waals surface area contributed by atoms with Crippen molar-refractivity contribution in [1.29, 1.82) is 0 Å². The second-order valence-electron chi connectivity index (χ2n) is 9.85. The van der Waals surface area contributed by atoms with E-state index in [1.54, 1.807) is 0 Å². The molecule has 1 aliphatic heterocycles. The topological polar surface area (TPSA) is 54.5 Å². The van der Waals surface area contributed by atoms with Crippen molar-refractivity contribution < 1.29 is 49.0 Å². The third-order valence-electron chi connectivity index (χ3n) is 6.47. The predicted octanol–water partition coefficient (Wildman–Crippen LogP) is 7.39. The lowest BCUT2D eigenvalue weighted by atomic mass is 9.96. The minimum Gasteiger partial charge on any atom is -0.406 e. The molecule has 1 aliphatic rings. The number of nitrogens with zero attached hydrogens (tertiary/aromatic N) is 2. The first kappa shape index (κ1) is 30.2. The van der Waals surface area contributed by atoms with E-state index in [4.69, 9.17) is 0 Å². The predicted molar refractivity (Wildman–Crippen MR) is 129 cm³/mol. The number of halogens is 9. The fraction of sp³-hybridized carbons (Fsp3) is 0.333. The van der Waals surface area contributed by atoms with Crippen molar-refractivity contribution in [3.8, 4) is 5.75 Å². The first-order valence-electron chi connectivity index (χ1n) is 12.0. The molecule has 0 radical (unpaired) electrons. The van der Waals surface area contributed by atoms with Crippen LogP contribution in [0.5, 0.6) is 5.75 Å². The van der Waals surface area contributed by atoms with E-state index in [0.717, 1.165) is 53.4 Å². The van der Waals surface area contributed by atoms with E-state index in [0.29, 0.717) is 0 Å². The number of aromatic nitrogens is 1. The molecule has 3 aromatic rings. The molecule has 1 amide bonds. The molecule has 1 saturated heterocycles. The van der Waals surface area contributed by atoms with Gasteiger partial charge in [0.2, 0.25) is 5.91 Å². The SMILES string of the molecule is CC(C)(NC1CC(c2cccc(C(F)(F)F)c2)N(c2ccc(OC(F)(F)F)cc2)C1=O)c1cccc(C(F)(F)F)n1. The van der Waals surface area contributed by atoms with Crippen LogP contribution in [0.25, 0.3) is 0 Å². The number of amides is 1. The van der Waals surface area contributed by atoms with Gasteiger partial charge >= 0.3 is 18.7 Å². The van der Waals surface area contributed by atoms with E-state index in [-0.39, 0.29) is 23.4 Å². The zero-order chi connectivity index (χ0) is 30.4. The van der Waals surface area contributed by atoms with Crippen molar-refractivity contribution in [3.05, 3.63) is 89.2 Å². The Bertz CT molecular complexity index is 1400. The highest BCUT2D eigenvalue weighted by atomic mass is 19.4. The largest absolute Gasteiger partial charge is 0.573 e. The van der Waals surface area contributed by atoms with Crippen molar-refractivity contribution in [2.45, 2.75) is 56.6 Å². The molecular formula is C27H22F9N3O2. The highest BCUT2D eigenvalue weighted by Crippen LogP contribution is 2.41. The molecular weight excluding hydrogens is 569 g/mol. The lowest BCUT2D eigenvalue weighted by molar-refractivity contribution is -0.274. The van der Waals surface area contributed by atoms with E-state index >= 15 is 0 Å². The summed E-state index contributed by atoms with van der Waals surface area (Å²) in [4.78, 5) is 18.5. The first-order valence-corrected chi connectivity index (χ1v) is 12.0. The van der Waals surface area contributed by atoms with Gasteiger partial charge in [-0.15, -0.1) is 13.2 Å². The smallest absolute Gasteiger partial charge is 0.406 e. The molecule has 0 aliphatic carbocycles. The van der Waals surface area contributed by atoms with Crippen molar-refractivity contribution in [3.63, 3.8) is 0 Å². The molecule has 0 spiro atoms. The van der Waals surface area contributed by atoms with Gasteiger partial charge in [0.05, 0.1) is 28.9 Å². The summed E-state index contributed by atoms with van der Waals surface area (Å²) in [5.41, 5.74) is -3.29. The Morgan fingerprint density at radius 3 is 2.02 bits per heavy atom. The van der Waals surface area contributed by atoms with Gasteiger partial charge in [-0.2, -0.15) is 26.3 Å². The van der Waals surface area contributed by atoms with Crippen LogP contribution in [0.3, 0.4) is 0 Å². The summed E-state index contributed by atoms with van der Waals surface area (Å²) in [5, 5.41) is 2.97. The van der Waals surface area contributed by atoms with E-state index in [9.17, 15) is 44.3 Å². The van der Waals surface area contributed by atoms with Gasteiger partial charge in [-0.3, -0.25) is 10.1 Å². The summed E-state index contributed by atoms with van der Waals surface area (Å²) >= 11 is 0. The van der Waals surface area contributed by atoms with Gasteiger partial charge in [0.15, 0.2) is 0 Å². The highest BCUT2D eigenvalue weighted by Gasteiger charge is 2.45. The molecule has 1 fully saturated rings. The maximum absolute atomic E-state index is 13.7. The zero-order valence-corrected chi connectivity index (χ0v) is 21.3. The van der Waals surface area contributed by atoms with Crippen LogP contribution in [-0.2, 0) is 22.7 Å². The van der Waals surface area contributed by atoms with Crippen molar-refractivity contribution in [2.24, 2.45) is 0 Å². The Kier molecular flexibility index (Phi) is 7.76. The summed E-state index contributed by atoms with van der Waals surface area (Å²) in [6.07, 6.45) is -14.5. The molecule has 14 heteroatoms. The normalized spacial score (nSPS) is 18.6. The Morgan fingerprint density at radius 1 is 0.829 bits per heavy atom. The molecule has 1 N–H and O–H groups in total. The number of pyridine rings is 1. The van der Waals surface area contributed by atoms with E-state index < -0.39 is 59.3 Å². The third kappa shape index (κ3) is 6.92. The first-order chi connectivity index (χ1) is 18.8. The van der Waals surface area contributed by atoms with Crippen molar-refractivity contribution >= 4 is 11.6 Å². The van der Waals surface area contributed by atoms with Gasteiger partial charge in [0.1, 0.15) is 11.4 Å². The average molecular weight is 591 g/mol. The minimum atomic E-state index is -4.97. The number of alkyl halides is 9. The fourth-order valence-corrected chi connectivity index (χ4v) is 4.64. The maximum Gasteiger partial charge on any atom is 0.573 e. The quantitative estimate of drug-likeness (QED) is 0.304. The van der Waals surface area contributed by atoms with Crippen LogP contribution in [0, 0.1) is 0 Å². The van der Waals surface area contributed by atoms with Gasteiger partial charge in [-0.25, -0.2) is 4.98 Å². The summed E-state index contributed by atoms with van der Waals surface area (Å²) < 4.78 is 122. The van der Waals surface area contributed by atoms with Crippen LogP contribution in [0.15, 0.2) is 66.7 Å². The van der Waals surface area contributed by atoms with Gasteiger partial charge in [0.25, 0.3) is 0 Å². The number of rotatable bonds is 6. The van der Waals surface area contributed by atoms with Gasteiger partial charge in [-0.1, -0.05) is 18.2 Å². The molecule has 1 aromatic heterocycles. The van der Waals surface area contributed by atoms with Crippen LogP contribution >= 0.6 is 0 Å². The van der Waals surface area contributed by atoms with Crippen LogP contribution in [0.4, 0.5) is 45.2 Å². The molecule has 2 unspecified atom stereocenters. The lowest BCUT2D eigenvalue weighted by Crippen LogP contribution is -2.48. The summed E-state index contributed by atoms with van der Waals surface area (Å²) in [7, 11) is 0. The number of carbonyl (C=O) groups excluding carboxylic acids is 1. The standard InChI is InChI=1S/C27H22F9N3O2/c1-24(2,21-7-4-8-22(37-21)26(31,32)33)38-19-14-20(15-5-3-6-16(13-15)25(28,29)30)39(23(19)40)17-9-11-18(12-10-17)41-27(34,35)36/h3-13,19-20,38H,14H2,1-2H3. The van der Waals surface area contributed by atoms with Crippen LogP contribution in [0.1, 0.15) is 48.8 Å². The number of carbonyl (C=O) groups is 1. The molecule has 4 rings (SSSR count). The molecule has 2 heterocycles. The molecule has 220 valence electrons. The Morgan fingerprint density at radius 2 is 1.44 bits per heavy atom. The number of nitrogens with one attached hydrogen (secondary N) is 1. The summed E-state index contributed by atoms with van der Waals surface area (Å²) in [6, 6.07) is 9.67. The number of benzene rings is 2. The molecule has 41 heavy (non-hydrogen) atoms. The third-order valence-corrected chi connectivity index (χ3v) is 6.47. The number of ether oxygens (including phenoxy) is 1. The van der Waals surface area contributed by atoms with E-state index in [2.05, 4.69) is 15.0 Å². The summed E-state index contributed by atoms with van der Waals surface area (Å²) in [5.74, 6) is -1.23. The number of anilines is 1. The molecule has 0 bridgehead atoms. The highest BCUT2D eigenvalue weighted by molar-refractivity contribution is 6.00. The molecule has 5 nitrogen and oxygen atoms in total. The monoisotopic (exact) mass is 591 g/mol. The summed E-state index contributed by atoms with van der Waals surface area (Å²) in [6.45, 7) is 2.99. The molecule has 2 aromatic carbocycles. The van der Waals surface area contributed by atoms with E-state index in [1.165, 1.54) is 32.0 Å². The van der Waals surface area contributed by atoms with Crippen LogP contribution in [0.2, 0.25) is 0 Å². The second kappa shape index (κ2) is 10.5. The Hall–Kier alpha value is -3.81. The zero-order valence-electron chi connectivity index (χ0n) is 21.3. The number of hydrogen-bond acceptors (Lipinski definition) is 4. The van der Waals surface area contributed by atoms with Crippen molar-refractivity contribution in [2.75, 3.05) is 4.90 Å². The van der Waals surface area contributed by atoms with E-state index in [1.807, 2.05) is 0 Å². The van der Waals surface area contributed by atoms with Gasteiger partial charge < -0.3 is 9.64 Å². The maximum atomic E-state index is 13.7. The lowest BCUT2D eigenvalue weighted by Gasteiger charge is -2.29. The molecule has 0 saturated carbocycles. The molecule has 2 atom stereocenters. The second-order valence-corrected chi connectivity index (χ2v) is 9.85. The minimum absolute atomic E-state index is 0.0390. The van der Waals surface area contributed by atoms with Crippen LogP contribution in [-0.4, -0.2) is 23.3 Å². The number of hydrogen-bond donors (Lipinski definition) is 1. The Balaban J connectivity index is 1.70. The van der Waals surface area contributed by atoms with Gasteiger partial charge in [-0.05, 0) is 74.4 Å². The van der Waals surface area contributed by atoms with Gasteiger partial charge in [0, 0.05) is 5.69 Å². The fourth-order valence-electron chi connectivity index (χ4n) is 4.64. The average Bonchev–Trinajstić information content (AvgIpc) is 3.18. The van der Waals surface area contributed by atoms with Crippen molar-refractivity contribution in [1.82, 2.24) is 10.3 Å². The van der Waals surface area contributed by atoms with Crippen LogP contribution < -0.4 is 15.0 Å².